The predicted octanol–water partition coefficient (Wildman–Crippen LogP) is 4.04. The Morgan fingerprint density at radius 2 is 1.88 bits per heavy atom. The SMILES string of the molecule is CCOc1cc(CNn2c(-c3ccccc3)n[nH]c2=S)ccc1OCC(=O)NC(C)(C)C. The molecule has 1 heterocycles. The van der Waals surface area contributed by atoms with Crippen molar-refractivity contribution < 1.29 is 14.3 Å². The van der Waals surface area contributed by atoms with E-state index in [1.807, 2.05) is 70.2 Å². The Labute approximate surface area is 192 Å². The van der Waals surface area contributed by atoms with Crippen molar-refractivity contribution in [3.05, 3.63) is 58.9 Å². The molecule has 1 amide bonds. The number of H-pyrrole nitrogens is 1. The predicted molar refractivity (Wildman–Crippen MR) is 127 cm³/mol. The molecule has 0 fully saturated rings. The van der Waals surface area contributed by atoms with E-state index >= 15 is 0 Å². The first-order valence-electron chi connectivity index (χ1n) is 10.4. The van der Waals surface area contributed by atoms with Gasteiger partial charge in [-0.05, 0) is 57.6 Å². The van der Waals surface area contributed by atoms with Gasteiger partial charge in [0.15, 0.2) is 23.9 Å². The van der Waals surface area contributed by atoms with Crippen LogP contribution < -0.4 is 20.2 Å². The molecule has 170 valence electrons. The first kappa shape index (κ1) is 23.3. The number of rotatable bonds is 9. The fourth-order valence-electron chi connectivity index (χ4n) is 3.04. The van der Waals surface area contributed by atoms with Gasteiger partial charge in [0.1, 0.15) is 0 Å². The Kier molecular flexibility index (Phi) is 7.53. The molecule has 3 N–H and O–H groups in total. The van der Waals surface area contributed by atoms with Crippen molar-refractivity contribution in [3.8, 4) is 22.9 Å². The fourth-order valence-corrected chi connectivity index (χ4v) is 3.24. The molecule has 0 atom stereocenters. The average Bonchev–Trinajstić information content (AvgIpc) is 3.11. The normalized spacial score (nSPS) is 11.1. The number of nitrogens with one attached hydrogen (secondary N) is 3. The number of ether oxygens (including phenoxy) is 2. The van der Waals surface area contributed by atoms with E-state index < -0.39 is 0 Å². The molecule has 0 bridgehead atoms. The van der Waals surface area contributed by atoms with E-state index in [1.54, 1.807) is 10.7 Å². The first-order chi connectivity index (χ1) is 15.3. The minimum atomic E-state index is -0.314. The van der Waals surface area contributed by atoms with E-state index in [9.17, 15) is 4.79 Å². The molecular weight excluding hydrogens is 426 g/mol. The lowest BCUT2D eigenvalue weighted by Crippen LogP contribution is -2.43. The van der Waals surface area contributed by atoms with Crippen LogP contribution in [0.3, 0.4) is 0 Å². The summed E-state index contributed by atoms with van der Waals surface area (Å²) in [6.45, 7) is 8.55. The average molecular weight is 456 g/mol. The maximum Gasteiger partial charge on any atom is 0.258 e. The summed E-state index contributed by atoms with van der Waals surface area (Å²) in [5, 5.41) is 10.0. The Hall–Kier alpha value is -3.33. The van der Waals surface area contributed by atoms with Crippen LogP contribution >= 0.6 is 12.2 Å². The van der Waals surface area contributed by atoms with Crippen LogP contribution in [0.2, 0.25) is 0 Å². The highest BCUT2D eigenvalue weighted by atomic mass is 32.1. The van der Waals surface area contributed by atoms with Gasteiger partial charge in [0.05, 0.1) is 13.2 Å². The number of carbonyl (C=O) groups excluding carboxylic acids is 1. The van der Waals surface area contributed by atoms with Gasteiger partial charge >= 0.3 is 0 Å². The summed E-state index contributed by atoms with van der Waals surface area (Å²) in [7, 11) is 0. The number of amides is 1. The number of hydrogen-bond donors (Lipinski definition) is 3. The monoisotopic (exact) mass is 455 g/mol. The lowest BCUT2D eigenvalue weighted by atomic mass is 10.1. The van der Waals surface area contributed by atoms with Gasteiger partial charge in [-0.1, -0.05) is 36.4 Å². The second kappa shape index (κ2) is 10.3. The molecular formula is C23H29N5O3S. The highest BCUT2D eigenvalue weighted by Crippen LogP contribution is 2.29. The lowest BCUT2D eigenvalue weighted by molar-refractivity contribution is -0.124. The summed E-state index contributed by atoms with van der Waals surface area (Å²) in [5.74, 6) is 1.61. The molecule has 32 heavy (non-hydrogen) atoms. The molecule has 0 aliphatic rings. The lowest BCUT2D eigenvalue weighted by Gasteiger charge is -2.21. The molecule has 3 aromatic rings. The molecule has 9 heteroatoms. The van der Waals surface area contributed by atoms with E-state index in [4.69, 9.17) is 21.7 Å². The molecule has 1 aromatic heterocycles. The van der Waals surface area contributed by atoms with E-state index in [1.165, 1.54) is 0 Å². The summed E-state index contributed by atoms with van der Waals surface area (Å²) in [5.41, 5.74) is 4.89. The van der Waals surface area contributed by atoms with Gasteiger partial charge in [-0.2, -0.15) is 5.10 Å². The third-order valence-corrected chi connectivity index (χ3v) is 4.60. The largest absolute Gasteiger partial charge is 0.490 e. The standard InChI is InChI=1S/C23H29N5O3S/c1-5-30-19-13-16(11-12-18(19)31-15-20(29)25-23(2,3)4)14-24-28-21(26-27-22(28)32)17-9-7-6-8-10-17/h6-13,24H,5,14-15H2,1-4H3,(H,25,29)(H,27,32). The zero-order valence-electron chi connectivity index (χ0n) is 18.8. The molecule has 2 aromatic carbocycles. The summed E-state index contributed by atoms with van der Waals surface area (Å²) < 4.78 is 13.7. The van der Waals surface area contributed by atoms with Gasteiger partial charge in [0.25, 0.3) is 5.91 Å². The van der Waals surface area contributed by atoms with E-state index in [0.29, 0.717) is 35.2 Å². The molecule has 0 radical (unpaired) electrons. The van der Waals surface area contributed by atoms with Crippen LogP contribution in [-0.2, 0) is 11.3 Å². The maximum atomic E-state index is 12.1. The fraction of sp³-hybridized carbons (Fsp3) is 0.348. The van der Waals surface area contributed by atoms with E-state index in [2.05, 4.69) is 20.9 Å². The third kappa shape index (κ3) is 6.34. The van der Waals surface area contributed by atoms with Crippen molar-refractivity contribution in [2.75, 3.05) is 18.6 Å². The van der Waals surface area contributed by atoms with Gasteiger partial charge < -0.3 is 20.2 Å². The summed E-state index contributed by atoms with van der Waals surface area (Å²) in [4.78, 5) is 12.1. The van der Waals surface area contributed by atoms with Crippen LogP contribution in [-0.4, -0.2) is 39.5 Å². The van der Waals surface area contributed by atoms with Crippen molar-refractivity contribution in [2.24, 2.45) is 0 Å². The Bertz CT molecular complexity index is 1100. The van der Waals surface area contributed by atoms with Gasteiger partial charge in [-0.25, -0.2) is 9.77 Å². The third-order valence-electron chi connectivity index (χ3n) is 4.33. The molecule has 0 saturated heterocycles. The van der Waals surface area contributed by atoms with Gasteiger partial charge in [-0.15, -0.1) is 0 Å². The summed E-state index contributed by atoms with van der Waals surface area (Å²) in [6, 6.07) is 15.4. The van der Waals surface area contributed by atoms with E-state index in [0.717, 1.165) is 11.1 Å². The number of aromatic amines is 1. The molecule has 0 saturated carbocycles. The summed E-state index contributed by atoms with van der Waals surface area (Å²) >= 11 is 5.37. The first-order valence-corrected chi connectivity index (χ1v) is 10.8. The highest BCUT2D eigenvalue weighted by Gasteiger charge is 2.15. The van der Waals surface area contributed by atoms with Crippen LogP contribution in [0.5, 0.6) is 11.5 Å². The number of aromatic nitrogens is 3. The quantitative estimate of drug-likeness (QED) is 0.422. The Balaban J connectivity index is 1.71. The second-order valence-corrected chi connectivity index (χ2v) is 8.58. The minimum absolute atomic E-state index is 0.0838. The highest BCUT2D eigenvalue weighted by molar-refractivity contribution is 7.71. The van der Waals surface area contributed by atoms with Crippen molar-refractivity contribution in [1.29, 1.82) is 0 Å². The van der Waals surface area contributed by atoms with Crippen LogP contribution in [0.25, 0.3) is 11.4 Å². The summed E-state index contributed by atoms with van der Waals surface area (Å²) in [6.07, 6.45) is 0. The van der Waals surface area contributed by atoms with Crippen LogP contribution in [0.1, 0.15) is 33.3 Å². The molecule has 0 aliphatic carbocycles. The maximum absolute atomic E-state index is 12.1. The number of benzene rings is 2. The van der Waals surface area contributed by atoms with Crippen molar-refractivity contribution in [3.63, 3.8) is 0 Å². The van der Waals surface area contributed by atoms with Crippen molar-refractivity contribution >= 4 is 18.1 Å². The van der Waals surface area contributed by atoms with Crippen molar-refractivity contribution in [1.82, 2.24) is 20.2 Å². The second-order valence-electron chi connectivity index (χ2n) is 8.19. The van der Waals surface area contributed by atoms with Crippen molar-refractivity contribution in [2.45, 2.75) is 39.8 Å². The van der Waals surface area contributed by atoms with E-state index in [-0.39, 0.29) is 18.1 Å². The number of hydrogen-bond acceptors (Lipinski definition) is 6. The van der Waals surface area contributed by atoms with Crippen LogP contribution in [0.4, 0.5) is 0 Å². The van der Waals surface area contributed by atoms with Gasteiger partial charge in [0, 0.05) is 11.1 Å². The Morgan fingerprint density at radius 3 is 2.56 bits per heavy atom. The molecule has 0 spiro atoms. The zero-order chi connectivity index (χ0) is 23.1. The minimum Gasteiger partial charge on any atom is -0.490 e. The molecule has 0 unspecified atom stereocenters. The molecule has 3 rings (SSSR count). The topological polar surface area (TPSA) is 93.2 Å². The zero-order valence-corrected chi connectivity index (χ0v) is 19.6. The molecule has 8 nitrogen and oxygen atoms in total. The Morgan fingerprint density at radius 1 is 1.12 bits per heavy atom. The van der Waals surface area contributed by atoms with Gasteiger partial charge in [-0.3, -0.25) is 4.79 Å². The number of nitrogens with zero attached hydrogens (tertiary/aromatic N) is 2. The van der Waals surface area contributed by atoms with Crippen LogP contribution in [0.15, 0.2) is 48.5 Å². The molecule has 0 aliphatic heterocycles. The number of carbonyl (C=O) groups is 1. The van der Waals surface area contributed by atoms with Crippen LogP contribution in [0, 0.1) is 4.77 Å². The smallest absolute Gasteiger partial charge is 0.258 e. The van der Waals surface area contributed by atoms with Gasteiger partial charge in [0.2, 0.25) is 4.77 Å².